The molecule has 0 amide bonds. The first-order chi connectivity index (χ1) is 12.7. The normalized spacial score (nSPS) is 18.0. The number of hydrogen-bond acceptors (Lipinski definition) is 3. The summed E-state index contributed by atoms with van der Waals surface area (Å²) in [5.41, 5.74) is 1.31. The first kappa shape index (κ1) is 28.3. The lowest BCUT2D eigenvalue weighted by molar-refractivity contribution is 0.426. The Labute approximate surface area is 181 Å². The largest absolute Gasteiger partial charge is 0.325 e. The van der Waals surface area contributed by atoms with Crippen molar-refractivity contribution < 1.29 is 0 Å². The van der Waals surface area contributed by atoms with Crippen LogP contribution in [0.2, 0.25) is 21.2 Å². The summed E-state index contributed by atoms with van der Waals surface area (Å²) >= 11 is 0. The molecule has 0 aliphatic rings. The molecule has 0 aliphatic carbocycles. The van der Waals surface area contributed by atoms with Crippen molar-refractivity contribution in [1.82, 2.24) is 14.2 Å². The van der Waals surface area contributed by atoms with E-state index in [9.17, 15) is 0 Å². The number of rotatable bonds is 12. The zero-order chi connectivity index (χ0) is 22.4. The van der Waals surface area contributed by atoms with Crippen LogP contribution < -0.4 is 9.96 Å². The zero-order valence-electron chi connectivity index (χ0n) is 21.8. The van der Waals surface area contributed by atoms with E-state index in [-0.39, 0.29) is 10.1 Å². The van der Waals surface area contributed by atoms with Gasteiger partial charge in [-0.15, -0.1) is 0 Å². The number of nitrogens with zero attached hydrogens (tertiary/aromatic N) is 1. The van der Waals surface area contributed by atoms with Crippen molar-refractivity contribution in [1.29, 1.82) is 0 Å². The molecule has 0 aromatic heterocycles. The van der Waals surface area contributed by atoms with E-state index in [0.717, 1.165) is 13.1 Å². The molecule has 0 aliphatic heterocycles. The Hall–Kier alpha value is 0.314. The lowest BCUT2D eigenvalue weighted by atomic mass is 10.2. The van der Waals surface area contributed by atoms with E-state index in [1.165, 1.54) is 25.8 Å². The molecular weight excluding hydrogens is 374 g/mol. The van der Waals surface area contributed by atoms with Crippen LogP contribution in [0.25, 0.3) is 0 Å². The Balaban J connectivity index is 6.98. The summed E-state index contributed by atoms with van der Waals surface area (Å²) < 4.78 is 3.15. The van der Waals surface area contributed by atoms with Gasteiger partial charge in [-0.2, -0.15) is 0 Å². The van der Waals surface area contributed by atoms with Gasteiger partial charge in [0.1, 0.15) is 0 Å². The molecule has 0 aromatic carbocycles. The Kier molecular flexibility index (Phi) is 11.2. The van der Waals surface area contributed by atoms with E-state index in [1.54, 1.807) is 0 Å². The summed E-state index contributed by atoms with van der Waals surface area (Å²) in [4.78, 5) is 8.43. The van der Waals surface area contributed by atoms with Crippen molar-refractivity contribution in [3.05, 3.63) is 0 Å². The van der Waals surface area contributed by atoms with Gasteiger partial charge in [0.15, 0.2) is 0 Å². The van der Waals surface area contributed by atoms with Crippen molar-refractivity contribution in [3.8, 4) is 0 Å². The molecule has 0 saturated carbocycles. The van der Waals surface area contributed by atoms with E-state index in [1.807, 2.05) is 0 Å². The van der Waals surface area contributed by atoms with Gasteiger partial charge in [-0.1, -0.05) is 103 Å². The average molecular weight is 430 g/mol. The first-order valence-electron chi connectivity index (χ1n) is 12.0. The number of hydrogen-bond donors (Lipinski definition) is 2. The molecule has 0 fully saturated rings. The highest BCUT2D eigenvalue weighted by molar-refractivity contribution is 6.94. The quantitative estimate of drug-likeness (QED) is 0.258. The van der Waals surface area contributed by atoms with Crippen LogP contribution in [0.5, 0.6) is 0 Å². The highest BCUT2D eigenvalue weighted by Crippen LogP contribution is 2.52. The van der Waals surface area contributed by atoms with Crippen LogP contribution >= 0.6 is 0 Å². The van der Waals surface area contributed by atoms with Crippen LogP contribution in [-0.4, -0.2) is 40.7 Å². The smallest absolute Gasteiger partial charge is 0.206 e. The van der Waals surface area contributed by atoms with Crippen molar-refractivity contribution in [2.45, 2.75) is 130 Å². The molecule has 0 spiro atoms. The predicted octanol–water partition coefficient (Wildman–Crippen LogP) is 7.00. The van der Waals surface area contributed by atoms with Crippen LogP contribution in [0, 0.1) is 0 Å². The summed E-state index contributed by atoms with van der Waals surface area (Å²) in [7, 11) is -4.03. The van der Waals surface area contributed by atoms with Crippen molar-refractivity contribution >= 4 is 16.8 Å². The Morgan fingerprint density at radius 2 is 1.04 bits per heavy atom. The second kappa shape index (κ2) is 11.1. The summed E-state index contributed by atoms with van der Waals surface area (Å²) in [6, 6.07) is 0. The van der Waals surface area contributed by atoms with Gasteiger partial charge in [0.05, 0.1) is 0 Å². The molecule has 2 N–H and O–H groups in total. The van der Waals surface area contributed by atoms with Crippen molar-refractivity contribution in [2.24, 2.45) is 0 Å². The highest BCUT2D eigenvalue weighted by atomic mass is 28.4. The maximum absolute atomic E-state index is 4.21. The predicted molar refractivity (Wildman–Crippen MR) is 135 cm³/mol. The van der Waals surface area contributed by atoms with Crippen LogP contribution in [0.1, 0.15) is 109 Å². The standard InChI is InChI=1S/C23H55N3Si2/c1-14-17-18-19-26(27(20(4)5,24-15-2)22(8,9)10)28(21(6)7,25-16-3)23(11,12)13/h20-21,24-25H,14-19H2,1-13H3. The molecule has 3 nitrogen and oxygen atoms in total. The fourth-order valence-electron chi connectivity index (χ4n) is 5.98. The van der Waals surface area contributed by atoms with Gasteiger partial charge in [-0.25, -0.2) is 0 Å². The monoisotopic (exact) mass is 429 g/mol. The fourth-order valence-corrected chi connectivity index (χ4v) is 22.9. The van der Waals surface area contributed by atoms with Gasteiger partial charge in [-0.3, -0.25) is 0 Å². The first-order valence-corrected chi connectivity index (χ1v) is 16.0. The molecule has 0 rings (SSSR count). The van der Waals surface area contributed by atoms with E-state index >= 15 is 0 Å². The van der Waals surface area contributed by atoms with Crippen LogP contribution in [0.3, 0.4) is 0 Å². The average Bonchev–Trinajstić information content (AvgIpc) is 2.52. The van der Waals surface area contributed by atoms with Gasteiger partial charge in [0.2, 0.25) is 16.8 Å². The molecule has 0 radical (unpaired) electrons. The summed E-state index contributed by atoms with van der Waals surface area (Å²) in [5, 5.41) is 0.522. The topological polar surface area (TPSA) is 27.3 Å². The third kappa shape index (κ3) is 5.51. The lowest BCUT2D eigenvalue weighted by Crippen LogP contribution is -2.84. The minimum Gasteiger partial charge on any atom is -0.325 e. The Bertz CT molecular complexity index is 404. The third-order valence-electron chi connectivity index (χ3n) is 6.69. The maximum Gasteiger partial charge on any atom is 0.206 e. The van der Waals surface area contributed by atoms with Gasteiger partial charge in [0.25, 0.3) is 0 Å². The van der Waals surface area contributed by atoms with Crippen molar-refractivity contribution in [2.75, 3.05) is 19.6 Å². The molecule has 0 heterocycles. The summed E-state index contributed by atoms with van der Waals surface area (Å²) in [5.74, 6) is 0. The summed E-state index contributed by atoms with van der Waals surface area (Å²) in [6.45, 7) is 35.3. The second-order valence-electron chi connectivity index (χ2n) is 11.3. The van der Waals surface area contributed by atoms with E-state index < -0.39 is 16.8 Å². The van der Waals surface area contributed by atoms with Crippen molar-refractivity contribution in [3.63, 3.8) is 0 Å². The molecule has 0 bridgehead atoms. The second-order valence-corrected chi connectivity index (χ2v) is 21.9. The number of nitrogens with one attached hydrogen (secondary N) is 2. The molecular formula is C23H55N3Si2. The Morgan fingerprint density at radius 3 is 1.25 bits per heavy atom. The van der Waals surface area contributed by atoms with Gasteiger partial charge >= 0.3 is 0 Å². The maximum atomic E-state index is 4.21. The highest BCUT2D eigenvalue weighted by Gasteiger charge is 2.62. The SMILES string of the molecule is CCCCCN([Si](NCC)(C(C)C)C(C)(C)C)[Si](NCC)(C(C)C)C(C)(C)C. The van der Waals surface area contributed by atoms with E-state index in [0.29, 0.717) is 11.1 Å². The Morgan fingerprint density at radius 1 is 0.679 bits per heavy atom. The van der Waals surface area contributed by atoms with Crippen LogP contribution in [0.4, 0.5) is 0 Å². The molecule has 170 valence electrons. The molecule has 0 saturated heterocycles. The lowest BCUT2D eigenvalue weighted by Gasteiger charge is -2.64. The van der Waals surface area contributed by atoms with E-state index in [4.69, 9.17) is 0 Å². The van der Waals surface area contributed by atoms with Gasteiger partial charge in [-0.05, 0) is 47.2 Å². The molecule has 2 unspecified atom stereocenters. The summed E-state index contributed by atoms with van der Waals surface area (Å²) in [6.07, 6.45) is 3.92. The fraction of sp³-hybridized carbons (Fsp3) is 1.00. The molecule has 28 heavy (non-hydrogen) atoms. The van der Waals surface area contributed by atoms with E-state index in [2.05, 4.69) is 104 Å². The van der Waals surface area contributed by atoms with Crippen LogP contribution in [-0.2, 0) is 0 Å². The molecule has 2 atom stereocenters. The van der Waals surface area contributed by atoms with Gasteiger partial charge < -0.3 is 14.2 Å². The minimum atomic E-state index is -2.02. The third-order valence-corrected chi connectivity index (χ3v) is 20.7. The molecule has 5 heteroatoms. The zero-order valence-corrected chi connectivity index (χ0v) is 23.8. The minimum absolute atomic E-state index is 0.261. The number of unbranched alkanes of at least 4 members (excludes halogenated alkanes) is 2. The van der Waals surface area contributed by atoms with Gasteiger partial charge in [0, 0.05) is 0 Å². The molecule has 0 aromatic rings. The van der Waals surface area contributed by atoms with Crippen LogP contribution in [0.15, 0.2) is 0 Å².